The summed E-state index contributed by atoms with van der Waals surface area (Å²) >= 11 is 0. The van der Waals surface area contributed by atoms with Crippen molar-refractivity contribution in [3.8, 4) is 11.3 Å². The zero-order chi connectivity index (χ0) is 12.5. The van der Waals surface area contributed by atoms with Crippen LogP contribution < -0.4 is 5.73 Å². The summed E-state index contributed by atoms with van der Waals surface area (Å²) in [6.07, 6.45) is 0. The predicted octanol–water partition coefficient (Wildman–Crippen LogP) is 3.79. The minimum absolute atomic E-state index is 0.589. The molecule has 3 aromatic rings. The van der Waals surface area contributed by atoms with E-state index >= 15 is 0 Å². The Balaban J connectivity index is 2.27. The first-order chi connectivity index (χ1) is 8.74. The molecule has 0 radical (unpaired) electrons. The molecule has 2 heteroatoms. The van der Waals surface area contributed by atoms with Crippen molar-refractivity contribution in [2.75, 3.05) is 5.73 Å². The minimum Gasteiger partial charge on any atom is -0.383 e. The predicted molar refractivity (Wildman–Crippen MR) is 76.3 cm³/mol. The van der Waals surface area contributed by atoms with E-state index in [9.17, 15) is 0 Å². The number of aryl methyl sites for hydroxylation is 1. The highest BCUT2D eigenvalue weighted by atomic mass is 14.8. The molecule has 1 heterocycles. The van der Waals surface area contributed by atoms with Crippen molar-refractivity contribution in [3.63, 3.8) is 0 Å². The van der Waals surface area contributed by atoms with E-state index in [2.05, 4.69) is 30.1 Å². The molecule has 88 valence electrons. The van der Waals surface area contributed by atoms with Gasteiger partial charge in [0.25, 0.3) is 0 Å². The molecule has 0 aliphatic heterocycles. The van der Waals surface area contributed by atoms with Crippen molar-refractivity contribution in [2.24, 2.45) is 0 Å². The normalized spacial score (nSPS) is 10.7. The summed E-state index contributed by atoms with van der Waals surface area (Å²) in [7, 11) is 0. The molecular formula is C16H14N2. The average Bonchev–Trinajstić information content (AvgIpc) is 2.39. The molecule has 0 aliphatic rings. The van der Waals surface area contributed by atoms with E-state index in [1.54, 1.807) is 0 Å². The number of nitrogen functional groups attached to an aromatic ring is 1. The van der Waals surface area contributed by atoms with Crippen molar-refractivity contribution < 1.29 is 0 Å². The molecule has 2 aromatic carbocycles. The lowest BCUT2D eigenvalue weighted by Crippen LogP contribution is -1.94. The molecule has 0 saturated carbocycles. The third-order valence-electron chi connectivity index (χ3n) is 3.09. The third-order valence-corrected chi connectivity index (χ3v) is 3.09. The highest BCUT2D eigenvalue weighted by Crippen LogP contribution is 2.26. The van der Waals surface area contributed by atoms with Crippen molar-refractivity contribution in [1.29, 1.82) is 0 Å². The summed E-state index contributed by atoms with van der Waals surface area (Å²) in [6, 6.07) is 18.4. The number of benzene rings is 2. The van der Waals surface area contributed by atoms with Gasteiger partial charge < -0.3 is 5.73 Å². The van der Waals surface area contributed by atoms with Gasteiger partial charge in [-0.25, -0.2) is 4.98 Å². The van der Waals surface area contributed by atoms with Crippen LogP contribution in [0.15, 0.2) is 54.6 Å². The number of nitrogens with zero attached hydrogens (tertiary/aromatic N) is 1. The van der Waals surface area contributed by atoms with Crippen LogP contribution in [0.25, 0.3) is 22.0 Å². The van der Waals surface area contributed by atoms with Crippen molar-refractivity contribution in [3.05, 3.63) is 60.2 Å². The Kier molecular flexibility index (Phi) is 2.49. The Morgan fingerprint density at radius 1 is 0.944 bits per heavy atom. The second-order valence-electron chi connectivity index (χ2n) is 4.48. The van der Waals surface area contributed by atoms with E-state index in [1.165, 1.54) is 5.56 Å². The Morgan fingerprint density at radius 3 is 2.50 bits per heavy atom. The molecule has 3 rings (SSSR count). The lowest BCUT2D eigenvalue weighted by atomic mass is 10.0. The van der Waals surface area contributed by atoms with Gasteiger partial charge in [-0.15, -0.1) is 0 Å². The highest BCUT2D eigenvalue weighted by molar-refractivity contribution is 5.94. The number of hydrogen-bond donors (Lipinski definition) is 1. The lowest BCUT2D eigenvalue weighted by Gasteiger charge is -2.07. The molecule has 1 aromatic heterocycles. The van der Waals surface area contributed by atoms with Crippen LogP contribution >= 0.6 is 0 Å². The Hall–Kier alpha value is -2.35. The fourth-order valence-corrected chi connectivity index (χ4v) is 2.16. The van der Waals surface area contributed by atoms with Crippen molar-refractivity contribution in [1.82, 2.24) is 4.98 Å². The summed E-state index contributed by atoms with van der Waals surface area (Å²) in [4.78, 5) is 4.48. The van der Waals surface area contributed by atoms with E-state index in [4.69, 9.17) is 5.73 Å². The first-order valence-corrected chi connectivity index (χ1v) is 5.96. The number of anilines is 1. The zero-order valence-corrected chi connectivity index (χ0v) is 10.2. The summed E-state index contributed by atoms with van der Waals surface area (Å²) in [5.74, 6) is 0.589. The molecule has 0 unspecified atom stereocenters. The fraction of sp³-hybridized carbons (Fsp3) is 0.0625. The topological polar surface area (TPSA) is 38.9 Å². The van der Waals surface area contributed by atoms with Crippen LogP contribution in [0.1, 0.15) is 5.56 Å². The molecule has 0 spiro atoms. The molecule has 0 fully saturated rings. The SMILES string of the molecule is Cc1ccc2c(N)nc(-c3ccccc3)cc2c1. The van der Waals surface area contributed by atoms with Crippen LogP contribution in [-0.2, 0) is 0 Å². The van der Waals surface area contributed by atoms with E-state index in [0.717, 1.165) is 22.0 Å². The van der Waals surface area contributed by atoms with Crippen LogP contribution in [0, 0.1) is 6.92 Å². The van der Waals surface area contributed by atoms with Gasteiger partial charge in [-0.3, -0.25) is 0 Å². The van der Waals surface area contributed by atoms with Crippen LogP contribution in [0.5, 0.6) is 0 Å². The van der Waals surface area contributed by atoms with Crippen LogP contribution in [0.3, 0.4) is 0 Å². The van der Waals surface area contributed by atoms with E-state index in [0.29, 0.717) is 5.82 Å². The van der Waals surface area contributed by atoms with Gasteiger partial charge in [0.15, 0.2) is 0 Å². The van der Waals surface area contributed by atoms with Crippen molar-refractivity contribution in [2.45, 2.75) is 6.92 Å². The molecule has 0 amide bonds. The van der Waals surface area contributed by atoms with Gasteiger partial charge in [0, 0.05) is 10.9 Å². The number of hydrogen-bond acceptors (Lipinski definition) is 2. The fourth-order valence-electron chi connectivity index (χ4n) is 2.16. The number of fused-ring (bicyclic) bond motifs is 1. The van der Waals surface area contributed by atoms with Gasteiger partial charge in [0.05, 0.1) is 5.69 Å². The molecule has 0 aliphatic carbocycles. The molecule has 18 heavy (non-hydrogen) atoms. The van der Waals surface area contributed by atoms with Gasteiger partial charge >= 0.3 is 0 Å². The number of nitrogens with two attached hydrogens (primary N) is 1. The maximum atomic E-state index is 6.03. The summed E-state index contributed by atoms with van der Waals surface area (Å²) in [5.41, 5.74) is 9.27. The summed E-state index contributed by atoms with van der Waals surface area (Å²) in [5, 5.41) is 2.15. The Bertz CT molecular complexity index is 703. The molecule has 0 saturated heterocycles. The van der Waals surface area contributed by atoms with Crippen LogP contribution in [0.4, 0.5) is 5.82 Å². The average molecular weight is 234 g/mol. The summed E-state index contributed by atoms with van der Waals surface area (Å²) < 4.78 is 0. The van der Waals surface area contributed by atoms with Crippen LogP contribution in [0.2, 0.25) is 0 Å². The monoisotopic (exact) mass is 234 g/mol. The standard InChI is InChI=1S/C16H14N2/c1-11-7-8-14-13(9-11)10-15(18-16(14)17)12-5-3-2-4-6-12/h2-10H,1H3,(H2,17,18). The Labute approximate surface area is 106 Å². The molecule has 2 N–H and O–H groups in total. The summed E-state index contributed by atoms with van der Waals surface area (Å²) in [6.45, 7) is 2.08. The maximum absolute atomic E-state index is 6.03. The first-order valence-electron chi connectivity index (χ1n) is 5.96. The van der Waals surface area contributed by atoms with Gasteiger partial charge in [-0.05, 0) is 18.4 Å². The quantitative estimate of drug-likeness (QED) is 0.695. The maximum Gasteiger partial charge on any atom is 0.131 e. The van der Waals surface area contributed by atoms with Gasteiger partial charge in [-0.1, -0.05) is 54.1 Å². The number of rotatable bonds is 1. The highest BCUT2D eigenvalue weighted by Gasteiger charge is 2.05. The van der Waals surface area contributed by atoms with Gasteiger partial charge in [0.2, 0.25) is 0 Å². The largest absolute Gasteiger partial charge is 0.383 e. The zero-order valence-electron chi connectivity index (χ0n) is 10.2. The second-order valence-corrected chi connectivity index (χ2v) is 4.48. The van der Waals surface area contributed by atoms with E-state index < -0.39 is 0 Å². The number of pyridine rings is 1. The molecule has 0 bridgehead atoms. The Morgan fingerprint density at radius 2 is 1.72 bits per heavy atom. The second kappa shape index (κ2) is 4.15. The van der Waals surface area contributed by atoms with Gasteiger partial charge in [0.1, 0.15) is 5.82 Å². The van der Waals surface area contributed by atoms with Gasteiger partial charge in [-0.2, -0.15) is 0 Å². The third kappa shape index (κ3) is 1.82. The van der Waals surface area contributed by atoms with E-state index in [1.807, 2.05) is 36.4 Å². The van der Waals surface area contributed by atoms with Crippen molar-refractivity contribution >= 4 is 16.6 Å². The minimum atomic E-state index is 0.589. The molecule has 0 atom stereocenters. The lowest BCUT2D eigenvalue weighted by molar-refractivity contribution is 1.36. The van der Waals surface area contributed by atoms with Crippen LogP contribution in [-0.4, -0.2) is 4.98 Å². The van der Waals surface area contributed by atoms with E-state index in [-0.39, 0.29) is 0 Å². The first kappa shape index (κ1) is 10.8. The smallest absolute Gasteiger partial charge is 0.131 e. The molecule has 2 nitrogen and oxygen atoms in total. The molecular weight excluding hydrogens is 220 g/mol. The number of aromatic nitrogens is 1.